The molecule has 10 atom stereocenters. The van der Waals surface area contributed by atoms with Crippen molar-refractivity contribution in [3.8, 4) is 5.75 Å². The van der Waals surface area contributed by atoms with Crippen LogP contribution >= 0.6 is 0 Å². The minimum atomic E-state index is -2.35. The van der Waals surface area contributed by atoms with Gasteiger partial charge in [0, 0.05) is 104 Å². The number of hydrogen-bond donors (Lipinski definition) is 4. The molecule has 14 nitrogen and oxygen atoms in total. The number of carbonyl (C=O) groups excluding carboxylic acids is 3. The maximum Gasteiger partial charge on any atom is 0.344 e. The molecule has 60 heavy (non-hydrogen) atoms. The maximum absolute atomic E-state index is 15.4. The van der Waals surface area contributed by atoms with E-state index in [1.54, 1.807) is 0 Å². The van der Waals surface area contributed by atoms with Crippen LogP contribution in [0.15, 0.2) is 48.6 Å². The number of hydrogen-bond acceptors (Lipinski definition) is 13. The molecule has 3 fully saturated rings. The highest BCUT2D eigenvalue weighted by atomic mass is 16.6. The number of aliphatic hydroxyl groups is 3. The number of benzene rings is 2. The first-order valence-corrected chi connectivity index (χ1v) is 21.3. The second-order valence-electron chi connectivity index (χ2n) is 18.5. The van der Waals surface area contributed by atoms with E-state index in [2.05, 4.69) is 14.8 Å². The first-order chi connectivity index (χ1) is 28.6. The lowest BCUT2D eigenvalue weighted by Gasteiger charge is -2.63. The quantitative estimate of drug-likeness (QED) is 0.156. The molecule has 0 radical (unpaired) electrons. The number of rotatable bonds is 7. The van der Waals surface area contributed by atoms with Crippen molar-refractivity contribution in [2.45, 2.75) is 105 Å². The number of fused-ring (bicyclic) bond motifs is 6. The number of H-pyrrole nitrogens is 1. The van der Waals surface area contributed by atoms with Gasteiger partial charge in [0.15, 0.2) is 6.10 Å². The van der Waals surface area contributed by atoms with Gasteiger partial charge in [-0.05, 0) is 55.5 Å². The summed E-state index contributed by atoms with van der Waals surface area (Å²) in [5.41, 5.74) is -4.63. The highest BCUT2D eigenvalue weighted by molar-refractivity contribution is 5.95. The molecule has 2 bridgehead atoms. The predicted octanol–water partition coefficient (Wildman–Crippen LogP) is 3.11. The minimum Gasteiger partial charge on any atom is -0.496 e. The summed E-state index contributed by atoms with van der Waals surface area (Å²) in [5.74, 6) is -1.81. The van der Waals surface area contributed by atoms with E-state index in [0.29, 0.717) is 74.6 Å². The third-order valence-corrected chi connectivity index (χ3v) is 15.6. The number of likely N-dealkylation sites (N-methyl/N-ethyl adjacent to an activating group) is 1. The number of piperidine rings is 1. The van der Waals surface area contributed by atoms with Crippen molar-refractivity contribution in [3.63, 3.8) is 0 Å². The Labute approximate surface area is 350 Å². The standard InChI is InChI=1S/C46H58N4O10/c1-8-41(54)23-42(55)24-45(39(52)58-6,35-29(15-19-49(25-41)26-42)28-13-10-11-14-32(28)47-35)31-21-30-33(22-34(31)57-5)48(4)37-44(30)17-20-50-18-12-16-43(9-2,36(44)50)38(60-27(3)51)46(37,56)40(53)59-7/h10-14,16,21-22,36-38,47,54-56H,8-9,15,17-20,23-26H2,1-7H3. The maximum atomic E-state index is 15.4. The molecule has 3 aromatic rings. The van der Waals surface area contributed by atoms with Gasteiger partial charge in [0.2, 0.25) is 5.60 Å². The molecule has 6 aliphatic rings. The Hall–Kier alpha value is -4.47. The fourth-order valence-electron chi connectivity index (χ4n) is 13.6. The highest BCUT2D eigenvalue weighted by Crippen LogP contribution is 2.68. The smallest absolute Gasteiger partial charge is 0.344 e. The van der Waals surface area contributed by atoms with Gasteiger partial charge in [0.25, 0.3) is 0 Å². The van der Waals surface area contributed by atoms with Crippen molar-refractivity contribution >= 4 is 34.5 Å². The number of ether oxygens (including phenoxy) is 4. The van der Waals surface area contributed by atoms with Crippen molar-refractivity contribution < 1.29 is 48.7 Å². The Morgan fingerprint density at radius 2 is 1.67 bits per heavy atom. The number of carbonyl (C=O) groups is 3. The molecule has 14 heteroatoms. The van der Waals surface area contributed by atoms with Crippen LogP contribution in [0.3, 0.4) is 0 Å². The molecule has 2 saturated heterocycles. The van der Waals surface area contributed by atoms with E-state index in [4.69, 9.17) is 18.9 Å². The number of aromatic nitrogens is 1. The zero-order valence-corrected chi connectivity index (χ0v) is 35.7. The van der Waals surface area contributed by atoms with Crippen LogP contribution in [0.25, 0.3) is 10.9 Å². The molecule has 6 heterocycles. The molecular formula is C46H58N4O10. The van der Waals surface area contributed by atoms with Crippen LogP contribution in [-0.2, 0) is 45.8 Å². The second kappa shape index (κ2) is 13.8. The molecule has 1 spiro atoms. The molecule has 4 N–H and O–H groups in total. The Balaban J connectivity index is 1.38. The lowest BCUT2D eigenvalue weighted by Crippen LogP contribution is -2.81. The van der Waals surface area contributed by atoms with Gasteiger partial charge >= 0.3 is 17.9 Å². The summed E-state index contributed by atoms with van der Waals surface area (Å²) in [4.78, 5) is 52.8. The van der Waals surface area contributed by atoms with Crippen molar-refractivity contribution in [1.29, 1.82) is 0 Å². The molecule has 5 aliphatic heterocycles. The Kier molecular flexibility index (Phi) is 9.39. The van der Waals surface area contributed by atoms with Crippen LogP contribution < -0.4 is 9.64 Å². The van der Waals surface area contributed by atoms with Gasteiger partial charge in [-0.15, -0.1) is 0 Å². The topological polar surface area (TPSA) is 174 Å². The Morgan fingerprint density at radius 1 is 0.917 bits per heavy atom. The van der Waals surface area contributed by atoms with E-state index >= 15 is 4.79 Å². The van der Waals surface area contributed by atoms with E-state index in [1.165, 1.54) is 28.3 Å². The van der Waals surface area contributed by atoms with Gasteiger partial charge in [-0.2, -0.15) is 0 Å². The van der Waals surface area contributed by atoms with Gasteiger partial charge < -0.3 is 44.2 Å². The van der Waals surface area contributed by atoms with E-state index < -0.39 is 63.1 Å². The van der Waals surface area contributed by atoms with E-state index in [0.717, 1.165) is 22.0 Å². The van der Waals surface area contributed by atoms with Crippen LogP contribution in [-0.4, -0.2) is 144 Å². The number of nitrogens with zero attached hydrogens (tertiary/aromatic N) is 3. The van der Waals surface area contributed by atoms with E-state index in [9.17, 15) is 24.9 Å². The normalized spacial score (nSPS) is 37.8. The van der Waals surface area contributed by atoms with Crippen LogP contribution in [0.1, 0.15) is 75.3 Å². The molecule has 0 amide bonds. The summed E-state index contributed by atoms with van der Waals surface area (Å²) in [6.45, 7) is 7.56. The van der Waals surface area contributed by atoms with Crippen LogP contribution in [0, 0.1) is 5.41 Å². The fourth-order valence-corrected chi connectivity index (χ4v) is 13.6. The molecule has 1 aromatic heterocycles. The highest BCUT2D eigenvalue weighted by Gasteiger charge is 2.80. The predicted molar refractivity (Wildman–Crippen MR) is 222 cm³/mol. The van der Waals surface area contributed by atoms with Gasteiger partial charge in [0.05, 0.1) is 38.6 Å². The summed E-state index contributed by atoms with van der Waals surface area (Å²) in [7, 11) is 5.95. The summed E-state index contributed by atoms with van der Waals surface area (Å²) in [6.07, 6.45) is 4.50. The van der Waals surface area contributed by atoms with Gasteiger partial charge in [-0.25, -0.2) is 4.79 Å². The van der Waals surface area contributed by atoms with Gasteiger partial charge in [-0.1, -0.05) is 44.2 Å². The van der Waals surface area contributed by atoms with E-state index in [-0.39, 0.29) is 25.4 Å². The van der Waals surface area contributed by atoms with Crippen molar-refractivity contribution in [3.05, 3.63) is 70.9 Å². The molecular weight excluding hydrogens is 769 g/mol. The van der Waals surface area contributed by atoms with Crippen LogP contribution in [0.2, 0.25) is 0 Å². The van der Waals surface area contributed by atoms with Gasteiger partial charge in [0.1, 0.15) is 11.2 Å². The van der Waals surface area contributed by atoms with Crippen molar-refractivity contribution in [1.82, 2.24) is 14.8 Å². The summed E-state index contributed by atoms with van der Waals surface area (Å²) in [6, 6.07) is 10.4. The zero-order chi connectivity index (χ0) is 42.8. The second-order valence-corrected chi connectivity index (χ2v) is 18.5. The average Bonchev–Trinajstić information content (AvgIpc) is 3.89. The Morgan fingerprint density at radius 3 is 2.35 bits per heavy atom. The molecule has 2 aromatic carbocycles. The number of aromatic amines is 1. The third kappa shape index (κ3) is 5.20. The average molecular weight is 827 g/mol. The number of anilines is 1. The van der Waals surface area contributed by atoms with Crippen LogP contribution in [0.5, 0.6) is 5.75 Å². The first kappa shape index (κ1) is 40.9. The Bertz CT molecular complexity index is 2310. The number of methoxy groups -OCH3 is 3. The number of esters is 3. The molecule has 322 valence electrons. The van der Waals surface area contributed by atoms with Gasteiger partial charge in [-0.3, -0.25) is 19.4 Å². The summed E-state index contributed by atoms with van der Waals surface area (Å²) < 4.78 is 23.8. The molecule has 1 aliphatic carbocycles. The molecule has 1 saturated carbocycles. The third-order valence-electron chi connectivity index (χ3n) is 15.6. The largest absolute Gasteiger partial charge is 0.496 e. The van der Waals surface area contributed by atoms with Crippen molar-refractivity contribution in [2.24, 2.45) is 5.41 Å². The monoisotopic (exact) mass is 826 g/mol. The zero-order valence-electron chi connectivity index (χ0n) is 35.7. The fraction of sp³-hybridized carbons (Fsp3) is 0.587. The summed E-state index contributed by atoms with van der Waals surface area (Å²) >= 11 is 0. The number of para-hydroxylation sites is 1. The molecule has 9 rings (SSSR count). The summed E-state index contributed by atoms with van der Waals surface area (Å²) in [5, 5.41) is 39.2. The lowest BCUT2D eigenvalue weighted by atomic mass is 9.47. The van der Waals surface area contributed by atoms with Crippen LogP contribution in [0.4, 0.5) is 5.69 Å². The molecule has 10 unspecified atom stereocenters. The lowest BCUT2D eigenvalue weighted by molar-refractivity contribution is -0.228. The SMILES string of the molecule is CCC1(O)CN2CCc3c([nH]c4ccccc34)C(C(=O)OC)(c3cc4c(cc3OC)N(C)C3C(O)(C(=O)OC)C(OC(C)=O)C5(CC)C=CCN6CCC43C65)CC(O)(C2)C1. The first-order valence-electron chi connectivity index (χ1n) is 21.3. The van der Waals surface area contributed by atoms with Crippen molar-refractivity contribution in [2.75, 3.05) is 66.0 Å². The van der Waals surface area contributed by atoms with E-state index in [1.807, 2.05) is 74.3 Å². The minimum absolute atomic E-state index is 0.0371. The number of nitrogens with one attached hydrogen (secondary N) is 1.